The molecule has 31 heavy (non-hydrogen) atoms. The van der Waals surface area contributed by atoms with Crippen molar-refractivity contribution in [3.8, 4) is 0 Å². The van der Waals surface area contributed by atoms with Gasteiger partial charge in [-0.25, -0.2) is 0 Å². The SMILES string of the molecule is CC1(C)OB([C@H](O[Si](C)(c2ccccc2)c2ccccc2)c2ccccc2)OC1(C)C. The summed E-state index contributed by atoms with van der Waals surface area (Å²) in [6, 6.07) is 31.1. The molecular formula is C26H31BO3Si. The Morgan fingerprint density at radius 2 is 1.06 bits per heavy atom. The fraction of sp³-hybridized carbons (Fsp3) is 0.308. The van der Waals surface area contributed by atoms with E-state index in [1.807, 2.05) is 30.3 Å². The summed E-state index contributed by atoms with van der Waals surface area (Å²) in [6.45, 7) is 10.6. The minimum absolute atomic E-state index is 0.348. The van der Waals surface area contributed by atoms with Gasteiger partial charge >= 0.3 is 7.12 Å². The molecule has 0 spiro atoms. The van der Waals surface area contributed by atoms with Gasteiger partial charge in [-0.15, -0.1) is 0 Å². The number of hydrogen-bond acceptors (Lipinski definition) is 3. The zero-order chi connectivity index (χ0) is 22.1. The number of benzene rings is 3. The molecule has 3 nitrogen and oxygen atoms in total. The van der Waals surface area contributed by atoms with Gasteiger partial charge < -0.3 is 13.7 Å². The summed E-state index contributed by atoms with van der Waals surface area (Å²) >= 11 is 0. The molecular weight excluding hydrogens is 399 g/mol. The van der Waals surface area contributed by atoms with Gasteiger partial charge in [0.25, 0.3) is 8.32 Å². The monoisotopic (exact) mass is 430 g/mol. The van der Waals surface area contributed by atoms with Gasteiger partial charge in [0.05, 0.1) is 11.2 Å². The van der Waals surface area contributed by atoms with Crippen LogP contribution < -0.4 is 10.4 Å². The van der Waals surface area contributed by atoms with Crippen molar-refractivity contribution in [3.05, 3.63) is 96.6 Å². The van der Waals surface area contributed by atoms with E-state index in [1.54, 1.807) is 0 Å². The van der Waals surface area contributed by atoms with Crippen LogP contribution in [0.15, 0.2) is 91.0 Å². The molecule has 0 aliphatic carbocycles. The van der Waals surface area contributed by atoms with Crippen molar-refractivity contribution < 1.29 is 13.7 Å². The van der Waals surface area contributed by atoms with Crippen LogP contribution in [-0.2, 0) is 13.7 Å². The first-order valence-electron chi connectivity index (χ1n) is 10.9. The maximum atomic E-state index is 7.16. The van der Waals surface area contributed by atoms with Gasteiger partial charge in [0, 0.05) is 0 Å². The molecule has 3 aromatic carbocycles. The highest BCUT2D eigenvalue weighted by atomic mass is 28.4. The van der Waals surface area contributed by atoms with Crippen molar-refractivity contribution in [2.75, 3.05) is 0 Å². The molecule has 0 bridgehead atoms. The van der Waals surface area contributed by atoms with Crippen LogP contribution in [-0.4, -0.2) is 26.6 Å². The Morgan fingerprint density at radius 3 is 1.48 bits per heavy atom. The van der Waals surface area contributed by atoms with Gasteiger partial charge in [-0.2, -0.15) is 0 Å². The second-order valence-corrected chi connectivity index (χ2v) is 12.8. The summed E-state index contributed by atoms with van der Waals surface area (Å²) in [5.41, 5.74) is 0.211. The molecule has 5 heteroatoms. The van der Waals surface area contributed by atoms with Crippen molar-refractivity contribution in [1.82, 2.24) is 0 Å². The van der Waals surface area contributed by atoms with E-state index in [4.69, 9.17) is 13.7 Å². The van der Waals surface area contributed by atoms with E-state index in [0.717, 1.165) is 5.56 Å². The van der Waals surface area contributed by atoms with E-state index in [1.165, 1.54) is 10.4 Å². The van der Waals surface area contributed by atoms with Crippen LogP contribution in [0.4, 0.5) is 0 Å². The average molecular weight is 430 g/mol. The first-order valence-corrected chi connectivity index (χ1v) is 13.3. The number of rotatable bonds is 6. The van der Waals surface area contributed by atoms with E-state index >= 15 is 0 Å². The third kappa shape index (κ3) is 4.28. The Morgan fingerprint density at radius 1 is 0.677 bits per heavy atom. The van der Waals surface area contributed by atoms with Crippen LogP contribution in [0, 0.1) is 0 Å². The molecule has 0 saturated carbocycles. The van der Waals surface area contributed by atoms with Crippen molar-refractivity contribution in [3.63, 3.8) is 0 Å². The Kier molecular flexibility index (Phi) is 5.97. The molecule has 1 saturated heterocycles. The van der Waals surface area contributed by atoms with Crippen LogP contribution in [0.5, 0.6) is 0 Å². The molecule has 0 amide bonds. The van der Waals surface area contributed by atoms with Crippen molar-refractivity contribution in [2.24, 2.45) is 0 Å². The van der Waals surface area contributed by atoms with Crippen molar-refractivity contribution in [1.29, 1.82) is 0 Å². The Balaban J connectivity index is 1.79. The predicted molar refractivity (Wildman–Crippen MR) is 130 cm³/mol. The first-order chi connectivity index (χ1) is 14.7. The first kappa shape index (κ1) is 22.0. The molecule has 4 rings (SSSR count). The zero-order valence-electron chi connectivity index (χ0n) is 19.0. The minimum Gasteiger partial charge on any atom is -0.403 e. The van der Waals surface area contributed by atoms with Crippen LogP contribution >= 0.6 is 0 Å². The molecule has 0 aromatic heterocycles. The quantitative estimate of drug-likeness (QED) is 0.528. The fourth-order valence-electron chi connectivity index (χ4n) is 4.00. The van der Waals surface area contributed by atoms with E-state index < -0.39 is 26.6 Å². The van der Waals surface area contributed by atoms with Crippen LogP contribution in [0.3, 0.4) is 0 Å². The average Bonchev–Trinajstić information content (AvgIpc) is 3.00. The Bertz CT molecular complexity index is 937. The van der Waals surface area contributed by atoms with E-state index in [-0.39, 0.29) is 6.00 Å². The lowest BCUT2D eigenvalue weighted by molar-refractivity contribution is 0.00578. The highest BCUT2D eigenvalue weighted by molar-refractivity contribution is 6.96. The zero-order valence-corrected chi connectivity index (χ0v) is 20.0. The smallest absolute Gasteiger partial charge is 0.403 e. The summed E-state index contributed by atoms with van der Waals surface area (Å²) in [4.78, 5) is 0. The third-order valence-corrected chi connectivity index (χ3v) is 10.3. The topological polar surface area (TPSA) is 27.7 Å². The van der Waals surface area contributed by atoms with Gasteiger partial charge in [0.1, 0.15) is 6.00 Å². The maximum absolute atomic E-state index is 7.16. The normalized spacial score (nSPS) is 18.7. The molecule has 1 aliphatic heterocycles. The van der Waals surface area contributed by atoms with E-state index in [9.17, 15) is 0 Å². The van der Waals surface area contributed by atoms with Gasteiger partial charge in [-0.05, 0) is 50.2 Å². The highest BCUT2D eigenvalue weighted by Crippen LogP contribution is 2.41. The fourth-order valence-corrected chi connectivity index (χ4v) is 7.02. The lowest BCUT2D eigenvalue weighted by Crippen LogP contribution is -2.60. The van der Waals surface area contributed by atoms with Crippen LogP contribution in [0.2, 0.25) is 6.55 Å². The van der Waals surface area contributed by atoms with Gasteiger partial charge in [0.2, 0.25) is 0 Å². The summed E-state index contributed by atoms with van der Waals surface area (Å²) in [5, 5.41) is 2.44. The summed E-state index contributed by atoms with van der Waals surface area (Å²) in [5.74, 6) is 0. The van der Waals surface area contributed by atoms with Crippen LogP contribution in [0.1, 0.15) is 39.3 Å². The molecule has 1 aliphatic rings. The van der Waals surface area contributed by atoms with Gasteiger partial charge in [0.15, 0.2) is 0 Å². The second-order valence-electron chi connectivity index (χ2n) is 9.34. The molecule has 1 heterocycles. The molecule has 1 fully saturated rings. The molecule has 0 radical (unpaired) electrons. The lowest BCUT2D eigenvalue weighted by atomic mass is 9.77. The maximum Gasteiger partial charge on any atom is 0.492 e. The molecule has 0 unspecified atom stereocenters. The van der Waals surface area contributed by atoms with Gasteiger partial charge in [-0.1, -0.05) is 91.0 Å². The standard InChI is InChI=1S/C26H31BO3Si/c1-25(2)26(3,4)30-27(29-25)24(21-15-9-6-10-16-21)28-31(5,22-17-11-7-12-18-22)23-19-13-8-14-20-23/h6-20,24H,1-5H3/t24-/m1/s1. The minimum atomic E-state index is -2.57. The Labute approximate surface area is 187 Å². The number of hydrogen-bond donors (Lipinski definition) is 0. The highest BCUT2D eigenvalue weighted by Gasteiger charge is 2.56. The van der Waals surface area contributed by atoms with Crippen molar-refractivity contribution in [2.45, 2.75) is 51.4 Å². The third-order valence-electron chi connectivity index (χ3n) is 6.66. The largest absolute Gasteiger partial charge is 0.492 e. The molecule has 160 valence electrons. The summed E-state index contributed by atoms with van der Waals surface area (Å²) in [7, 11) is -3.06. The molecule has 1 atom stereocenters. The van der Waals surface area contributed by atoms with E-state index in [2.05, 4.69) is 94.9 Å². The predicted octanol–water partition coefficient (Wildman–Crippen LogP) is 4.77. The van der Waals surface area contributed by atoms with E-state index in [0.29, 0.717) is 0 Å². The molecule has 3 aromatic rings. The van der Waals surface area contributed by atoms with Crippen LogP contribution in [0.25, 0.3) is 0 Å². The van der Waals surface area contributed by atoms with Gasteiger partial charge in [-0.3, -0.25) is 0 Å². The Hall–Kier alpha value is -2.18. The van der Waals surface area contributed by atoms with Crippen molar-refractivity contribution >= 4 is 25.8 Å². The summed E-state index contributed by atoms with van der Waals surface area (Å²) < 4.78 is 20.1. The second kappa shape index (κ2) is 8.40. The molecule has 0 N–H and O–H groups in total. The lowest BCUT2D eigenvalue weighted by Gasteiger charge is -2.34. The summed E-state index contributed by atoms with van der Waals surface area (Å²) in [6.07, 6.45) is 0.